The second-order valence-corrected chi connectivity index (χ2v) is 9.70. The molecule has 37 heavy (non-hydrogen) atoms. The van der Waals surface area contributed by atoms with Crippen LogP contribution in [-0.4, -0.2) is 60.3 Å². The van der Waals surface area contributed by atoms with E-state index in [2.05, 4.69) is 0 Å². The molecule has 3 aliphatic heterocycles. The molecule has 0 spiro atoms. The van der Waals surface area contributed by atoms with Crippen molar-refractivity contribution in [3.63, 3.8) is 0 Å². The summed E-state index contributed by atoms with van der Waals surface area (Å²) in [5, 5.41) is 2.67. The largest absolute Gasteiger partial charge is 0.496 e. The third-order valence-corrected chi connectivity index (χ3v) is 7.45. The molecule has 8 nitrogen and oxygen atoms in total. The third kappa shape index (κ3) is 5.28. The van der Waals surface area contributed by atoms with Crippen molar-refractivity contribution in [2.45, 2.75) is 26.0 Å². The van der Waals surface area contributed by atoms with Crippen molar-refractivity contribution in [1.82, 2.24) is 9.80 Å². The van der Waals surface area contributed by atoms with Crippen LogP contribution in [0.5, 0.6) is 5.75 Å². The van der Waals surface area contributed by atoms with Gasteiger partial charge in [0.2, 0.25) is 5.91 Å². The number of nitrogens with zero attached hydrogens (tertiary/aromatic N) is 3. The molecular formula is C28H29N3O5S. The molecule has 2 aromatic carbocycles. The first-order valence-electron chi connectivity index (χ1n) is 12.2. The lowest BCUT2D eigenvalue weighted by atomic mass is 9.93. The fraction of sp³-hybridized carbons (Fsp3) is 0.321. The number of esters is 1. The van der Waals surface area contributed by atoms with Crippen molar-refractivity contribution in [2.24, 2.45) is 4.99 Å². The third-order valence-electron chi connectivity index (χ3n) is 6.56. The minimum atomic E-state index is -0.550. The van der Waals surface area contributed by atoms with Crippen molar-refractivity contribution in [2.75, 3.05) is 33.4 Å². The zero-order valence-corrected chi connectivity index (χ0v) is 21.7. The van der Waals surface area contributed by atoms with Crippen molar-refractivity contribution < 1.29 is 23.8 Å². The quantitative estimate of drug-likeness (QED) is 0.506. The lowest BCUT2D eigenvalue weighted by molar-refractivity contribution is -0.141. The number of methoxy groups -OCH3 is 1. The lowest BCUT2D eigenvalue weighted by Crippen LogP contribution is -2.42. The van der Waals surface area contributed by atoms with Gasteiger partial charge in [0, 0.05) is 24.4 Å². The Labute approximate surface area is 220 Å². The number of morpholine rings is 1. The van der Waals surface area contributed by atoms with E-state index in [-0.39, 0.29) is 18.9 Å². The zero-order chi connectivity index (χ0) is 25.8. The van der Waals surface area contributed by atoms with Crippen LogP contribution >= 0.6 is 11.8 Å². The van der Waals surface area contributed by atoms with E-state index >= 15 is 0 Å². The van der Waals surface area contributed by atoms with Gasteiger partial charge in [0.15, 0.2) is 5.17 Å². The fourth-order valence-electron chi connectivity index (χ4n) is 4.70. The van der Waals surface area contributed by atoms with Gasteiger partial charge in [-0.25, -0.2) is 9.79 Å². The highest BCUT2D eigenvalue weighted by atomic mass is 32.2. The summed E-state index contributed by atoms with van der Waals surface area (Å²) in [6, 6.07) is 16.6. The van der Waals surface area contributed by atoms with Gasteiger partial charge in [0.1, 0.15) is 12.4 Å². The molecule has 1 amide bonds. The molecule has 3 aliphatic rings. The summed E-state index contributed by atoms with van der Waals surface area (Å²) in [4.78, 5) is 35.3. The number of amidine groups is 1. The number of amides is 1. The first-order chi connectivity index (χ1) is 18.1. The zero-order valence-electron chi connectivity index (χ0n) is 20.9. The number of hydrogen-bond acceptors (Lipinski definition) is 8. The summed E-state index contributed by atoms with van der Waals surface area (Å²) in [6.07, 6.45) is 0.197. The Morgan fingerprint density at radius 2 is 1.81 bits per heavy atom. The van der Waals surface area contributed by atoms with Crippen LogP contribution in [0.1, 0.15) is 30.5 Å². The minimum Gasteiger partial charge on any atom is -0.496 e. The van der Waals surface area contributed by atoms with Crippen LogP contribution in [0.25, 0.3) is 0 Å². The predicted octanol–water partition coefficient (Wildman–Crippen LogP) is 4.26. The first-order valence-corrected chi connectivity index (χ1v) is 13.1. The standard InChI is InChI=1S/C28H29N3O5S/c1-19-25(27(33)36-17-20-8-4-3-5-9-20)26(22-10-6-7-11-23(22)34-2)31-21(18-37-28(31)29-19)16-24(32)30-12-14-35-15-13-30/h3-11,18,26H,12-17H2,1-2H3/t26-/m0/s1. The topological polar surface area (TPSA) is 80.7 Å². The number of carbonyl (C=O) groups is 2. The van der Waals surface area contributed by atoms with E-state index in [9.17, 15) is 9.59 Å². The average Bonchev–Trinajstić information content (AvgIpc) is 3.33. The van der Waals surface area contributed by atoms with Gasteiger partial charge in [-0.3, -0.25) is 4.79 Å². The Bertz CT molecular complexity index is 1270. The number of carbonyl (C=O) groups excluding carboxylic acids is 2. The smallest absolute Gasteiger partial charge is 0.338 e. The number of para-hydroxylation sites is 1. The normalized spacial score (nSPS) is 19.2. The molecule has 0 saturated carbocycles. The molecule has 0 bridgehead atoms. The second kappa shape index (κ2) is 11.2. The molecule has 3 heterocycles. The number of rotatable bonds is 7. The highest BCUT2D eigenvalue weighted by Crippen LogP contribution is 2.47. The van der Waals surface area contributed by atoms with Crippen LogP contribution in [0.15, 0.2) is 82.0 Å². The number of hydrogen-bond donors (Lipinski definition) is 0. The van der Waals surface area contributed by atoms with E-state index in [0.29, 0.717) is 43.3 Å². The molecule has 0 radical (unpaired) electrons. The molecule has 2 aromatic rings. The van der Waals surface area contributed by atoms with Crippen LogP contribution < -0.4 is 4.74 Å². The van der Waals surface area contributed by atoms with Crippen molar-refractivity contribution >= 4 is 28.8 Å². The van der Waals surface area contributed by atoms with E-state index in [1.54, 1.807) is 7.11 Å². The van der Waals surface area contributed by atoms with Gasteiger partial charge >= 0.3 is 5.97 Å². The first kappa shape index (κ1) is 25.1. The lowest BCUT2D eigenvalue weighted by Gasteiger charge is -2.37. The molecule has 9 heteroatoms. The summed E-state index contributed by atoms with van der Waals surface area (Å²) in [5.41, 5.74) is 3.50. The summed E-state index contributed by atoms with van der Waals surface area (Å²) in [5.74, 6) is 0.219. The summed E-state index contributed by atoms with van der Waals surface area (Å²) < 4.78 is 16.9. The Hall–Kier alpha value is -3.56. The molecule has 0 aliphatic carbocycles. The molecule has 0 unspecified atom stereocenters. The maximum Gasteiger partial charge on any atom is 0.338 e. The average molecular weight is 520 g/mol. The Morgan fingerprint density at radius 1 is 1.08 bits per heavy atom. The highest BCUT2D eigenvalue weighted by Gasteiger charge is 2.42. The number of allylic oxidation sites excluding steroid dienone is 1. The van der Waals surface area contributed by atoms with Crippen molar-refractivity contribution in [3.05, 3.63) is 88.1 Å². The van der Waals surface area contributed by atoms with Crippen molar-refractivity contribution in [3.8, 4) is 5.75 Å². The van der Waals surface area contributed by atoms with Crippen LogP contribution in [0.4, 0.5) is 0 Å². The summed E-state index contributed by atoms with van der Waals surface area (Å²) in [7, 11) is 1.61. The number of thioether (sulfide) groups is 1. The number of aliphatic imine (C=N–C) groups is 1. The molecule has 1 saturated heterocycles. The SMILES string of the molecule is COc1ccccc1[C@H]1C(C(=O)OCc2ccccc2)=C(C)N=C2SC=C(CC(=O)N3CCOCC3)N21. The Balaban J connectivity index is 1.48. The van der Waals surface area contributed by atoms with E-state index in [0.717, 1.165) is 22.0 Å². The highest BCUT2D eigenvalue weighted by molar-refractivity contribution is 8.16. The van der Waals surface area contributed by atoms with Crippen LogP contribution in [-0.2, 0) is 25.7 Å². The van der Waals surface area contributed by atoms with Crippen LogP contribution in [0, 0.1) is 0 Å². The monoisotopic (exact) mass is 519 g/mol. The Kier molecular flexibility index (Phi) is 7.62. The molecule has 0 N–H and O–H groups in total. The van der Waals surface area contributed by atoms with E-state index in [1.807, 2.05) is 76.7 Å². The molecular weight excluding hydrogens is 490 g/mol. The molecule has 1 atom stereocenters. The van der Waals surface area contributed by atoms with E-state index in [4.69, 9.17) is 19.2 Å². The number of benzene rings is 2. The van der Waals surface area contributed by atoms with Gasteiger partial charge in [0.25, 0.3) is 0 Å². The fourth-order valence-corrected chi connectivity index (χ4v) is 5.66. The molecule has 0 aromatic heterocycles. The van der Waals surface area contributed by atoms with Gasteiger partial charge in [-0.2, -0.15) is 0 Å². The second-order valence-electron chi connectivity index (χ2n) is 8.87. The maximum atomic E-state index is 13.6. The van der Waals surface area contributed by atoms with E-state index < -0.39 is 12.0 Å². The van der Waals surface area contributed by atoms with Gasteiger partial charge in [-0.05, 0) is 24.0 Å². The van der Waals surface area contributed by atoms with Gasteiger partial charge in [0.05, 0.1) is 44.1 Å². The molecule has 1 fully saturated rings. The summed E-state index contributed by atoms with van der Waals surface area (Å²) in [6.45, 7) is 4.21. The predicted molar refractivity (Wildman–Crippen MR) is 142 cm³/mol. The molecule has 192 valence electrons. The van der Waals surface area contributed by atoms with Crippen molar-refractivity contribution in [1.29, 1.82) is 0 Å². The van der Waals surface area contributed by atoms with Gasteiger partial charge < -0.3 is 24.0 Å². The van der Waals surface area contributed by atoms with Gasteiger partial charge in [-0.15, -0.1) is 0 Å². The van der Waals surface area contributed by atoms with Crippen LogP contribution in [0.2, 0.25) is 0 Å². The van der Waals surface area contributed by atoms with Gasteiger partial charge in [-0.1, -0.05) is 60.3 Å². The number of fused-ring (bicyclic) bond motifs is 1. The molecule has 5 rings (SSSR count). The minimum absolute atomic E-state index is 0.0228. The van der Waals surface area contributed by atoms with Crippen LogP contribution in [0.3, 0.4) is 0 Å². The number of ether oxygens (including phenoxy) is 3. The summed E-state index contributed by atoms with van der Waals surface area (Å²) >= 11 is 1.45. The Morgan fingerprint density at radius 3 is 2.57 bits per heavy atom. The maximum absolute atomic E-state index is 13.6. The van der Waals surface area contributed by atoms with E-state index in [1.165, 1.54) is 11.8 Å².